The summed E-state index contributed by atoms with van der Waals surface area (Å²) in [6.45, 7) is 1.50. The Kier molecular flexibility index (Phi) is 5.21. The average Bonchev–Trinajstić information content (AvgIpc) is 2.45. The smallest absolute Gasteiger partial charge is 0.265 e. The number of amides is 1. The van der Waals surface area contributed by atoms with Gasteiger partial charge in [0.2, 0.25) is 0 Å². The van der Waals surface area contributed by atoms with Crippen molar-refractivity contribution in [2.75, 3.05) is 5.32 Å². The Balaban J connectivity index is 2.04. The number of halogens is 4. The third kappa shape index (κ3) is 4.08. The number of hydrogen-bond acceptors (Lipinski definition) is 2. The van der Waals surface area contributed by atoms with E-state index in [2.05, 4.69) is 5.32 Å². The molecule has 2 aromatic rings. The predicted octanol–water partition coefficient (Wildman–Crippen LogP) is 4.68. The van der Waals surface area contributed by atoms with Crippen molar-refractivity contribution >= 4 is 34.8 Å². The van der Waals surface area contributed by atoms with E-state index in [1.165, 1.54) is 25.1 Å². The lowest BCUT2D eigenvalue weighted by molar-refractivity contribution is -0.122. The molecule has 0 spiro atoms. The highest BCUT2D eigenvalue weighted by Crippen LogP contribution is 2.28. The average molecular weight is 346 g/mol. The molecule has 0 heterocycles. The topological polar surface area (TPSA) is 38.3 Å². The van der Waals surface area contributed by atoms with Crippen molar-refractivity contribution < 1.29 is 18.3 Å². The van der Waals surface area contributed by atoms with Crippen LogP contribution in [-0.2, 0) is 4.79 Å². The zero-order valence-corrected chi connectivity index (χ0v) is 12.9. The highest BCUT2D eigenvalue weighted by Gasteiger charge is 2.17. The van der Waals surface area contributed by atoms with Crippen molar-refractivity contribution in [1.29, 1.82) is 0 Å². The molecular formula is C15H11Cl2F2NO2. The van der Waals surface area contributed by atoms with Crippen LogP contribution in [0.2, 0.25) is 10.0 Å². The van der Waals surface area contributed by atoms with Gasteiger partial charge in [-0.05, 0) is 37.3 Å². The molecular weight excluding hydrogens is 335 g/mol. The summed E-state index contributed by atoms with van der Waals surface area (Å²) in [7, 11) is 0. The SMILES string of the molecule is CC(Oc1ccc(Cl)cc1Cl)C(=O)Nc1ccc(F)c(F)c1. The van der Waals surface area contributed by atoms with E-state index in [1.54, 1.807) is 6.07 Å². The fourth-order valence-electron chi connectivity index (χ4n) is 1.63. The largest absolute Gasteiger partial charge is 0.479 e. The summed E-state index contributed by atoms with van der Waals surface area (Å²) >= 11 is 11.7. The maximum atomic E-state index is 13.1. The van der Waals surface area contributed by atoms with Crippen LogP contribution in [0.5, 0.6) is 5.75 Å². The Morgan fingerprint density at radius 1 is 1.14 bits per heavy atom. The second kappa shape index (κ2) is 6.94. The van der Waals surface area contributed by atoms with Crippen molar-refractivity contribution in [2.45, 2.75) is 13.0 Å². The molecule has 2 rings (SSSR count). The molecule has 1 N–H and O–H groups in total. The Bertz CT molecular complexity index is 710. The summed E-state index contributed by atoms with van der Waals surface area (Å²) in [6.07, 6.45) is -0.896. The van der Waals surface area contributed by atoms with Gasteiger partial charge in [-0.1, -0.05) is 23.2 Å². The predicted molar refractivity (Wildman–Crippen MR) is 81.5 cm³/mol. The standard InChI is InChI=1S/C15H11Cl2F2NO2/c1-8(22-14-5-2-9(16)6-11(14)17)15(21)20-10-3-4-12(18)13(19)7-10/h2-8H,1H3,(H,20,21). The number of anilines is 1. The van der Waals surface area contributed by atoms with Gasteiger partial charge in [-0.15, -0.1) is 0 Å². The monoisotopic (exact) mass is 345 g/mol. The van der Waals surface area contributed by atoms with E-state index in [0.717, 1.165) is 12.1 Å². The lowest BCUT2D eigenvalue weighted by atomic mass is 10.2. The minimum atomic E-state index is -1.05. The molecule has 116 valence electrons. The Morgan fingerprint density at radius 2 is 1.86 bits per heavy atom. The van der Waals surface area contributed by atoms with Gasteiger partial charge in [0.15, 0.2) is 17.7 Å². The fraction of sp³-hybridized carbons (Fsp3) is 0.133. The zero-order chi connectivity index (χ0) is 16.3. The third-order valence-corrected chi connectivity index (χ3v) is 3.28. The number of carbonyl (C=O) groups is 1. The van der Waals surface area contributed by atoms with Crippen LogP contribution in [0, 0.1) is 11.6 Å². The first kappa shape index (κ1) is 16.5. The van der Waals surface area contributed by atoms with E-state index in [0.29, 0.717) is 10.8 Å². The summed E-state index contributed by atoms with van der Waals surface area (Å²) in [6, 6.07) is 7.65. The lowest BCUT2D eigenvalue weighted by Gasteiger charge is -2.15. The van der Waals surface area contributed by atoms with Gasteiger partial charge < -0.3 is 10.1 Å². The normalized spacial score (nSPS) is 11.9. The van der Waals surface area contributed by atoms with Crippen molar-refractivity contribution in [3.05, 3.63) is 58.1 Å². The first-order chi connectivity index (χ1) is 10.4. The van der Waals surface area contributed by atoms with Gasteiger partial charge in [0.25, 0.3) is 5.91 Å². The molecule has 1 amide bonds. The number of nitrogens with one attached hydrogen (secondary N) is 1. The van der Waals surface area contributed by atoms with E-state index in [-0.39, 0.29) is 10.7 Å². The second-order valence-corrected chi connectivity index (χ2v) is 5.30. The Hall–Kier alpha value is -1.85. The minimum Gasteiger partial charge on any atom is -0.479 e. The maximum absolute atomic E-state index is 13.1. The zero-order valence-electron chi connectivity index (χ0n) is 11.4. The summed E-state index contributed by atoms with van der Waals surface area (Å²) in [5.74, 6) is -2.28. The Labute approximate surface area is 135 Å². The molecule has 0 saturated heterocycles. The number of carbonyl (C=O) groups excluding carboxylic acids is 1. The molecule has 1 atom stereocenters. The molecule has 0 aliphatic carbocycles. The van der Waals surface area contributed by atoms with E-state index in [1.807, 2.05) is 0 Å². The van der Waals surface area contributed by atoms with E-state index >= 15 is 0 Å². The molecule has 0 bridgehead atoms. The summed E-state index contributed by atoms with van der Waals surface area (Å²) in [5.41, 5.74) is 0.126. The molecule has 0 aromatic heterocycles. The number of hydrogen-bond donors (Lipinski definition) is 1. The van der Waals surface area contributed by atoms with Gasteiger partial charge in [-0.25, -0.2) is 8.78 Å². The van der Waals surface area contributed by atoms with Crippen LogP contribution in [0.3, 0.4) is 0 Å². The van der Waals surface area contributed by atoms with Gasteiger partial charge in [-0.2, -0.15) is 0 Å². The molecule has 22 heavy (non-hydrogen) atoms. The summed E-state index contributed by atoms with van der Waals surface area (Å²) in [4.78, 5) is 12.0. The molecule has 0 aliphatic rings. The summed E-state index contributed by atoms with van der Waals surface area (Å²) < 4.78 is 31.3. The number of ether oxygens (including phenoxy) is 1. The lowest BCUT2D eigenvalue weighted by Crippen LogP contribution is -2.30. The molecule has 3 nitrogen and oxygen atoms in total. The van der Waals surface area contributed by atoms with Gasteiger partial charge in [0.05, 0.1) is 5.02 Å². The molecule has 0 aliphatic heterocycles. The van der Waals surface area contributed by atoms with Crippen LogP contribution in [0.1, 0.15) is 6.92 Å². The molecule has 1 unspecified atom stereocenters. The van der Waals surface area contributed by atoms with Gasteiger partial charge >= 0.3 is 0 Å². The first-order valence-corrected chi connectivity index (χ1v) is 7.00. The van der Waals surface area contributed by atoms with Crippen LogP contribution in [0.15, 0.2) is 36.4 Å². The second-order valence-electron chi connectivity index (χ2n) is 4.45. The van der Waals surface area contributed by atoms with Crippen LogP contribution < -0.4 is 10.1 Å². The Morgan fingerprint density at radius 3 is 2.50 bits per heavy atom. The molecule has 0 fully saturated rings. The van der Waals surface area contributed by atoms with E-state index in [4.69, 9.17) is 27.9 Å². The van der Waals surface area contributed by atoms with Crippen LogP contribution in [0.25, 0.3) is 0 Å². The van der Waals surface area contributed by atoms with E-state index in [9.17, 15) is 13.6 Å². The van der Waals surface area contributed by atoms with Crippen LogP contribution >= 0.6 is 23.2 Å². The maximum Gasteiger partial charge on any atom is 0.265 e. The van der Waals surface area contributed by atoms with Crippen LogP contribution in [0.4, 0.5) is 14.5 Å². The molecule has 7 heteroatoms. The van der Waals surface area contributed by atoms with Gasteiger partial charge in [0, 0.05) is 16.8 Å². The first-order valence-electron chi connectivity index (χ1n) is 6.24. The van der Waals surface area contributed by atoms with Crippen molar-refractivity contribution in [3.63, 3.8) is 0 Å². The quantitative estimate of drug-likeness (QED) is 0.873. The molecule has 0 saturated carbocycles. The highest BCUT2D eigenvalue weighted by molar-refractivity contribution is 6.35. The fourth-order valence-corrected chi connectivity index (χ4v) is 2.09. The number of rotatable bonds is 4. The van der Waals surface area contributed by atoms with Crippen molar-refractivity contribution in [1.82, 2.24) is 0 Å². The minimum absolute atomic E-state index is 0.126. The number of benzene rings is 2. The van der Waals surface area contributed by atoms with Gasteiger partial charge in [0.1, 0.15) is 5.75 Å². The highest BCUT2D eigenvalue weighted by atomic mass is 35.5. The van der Waals surface area contributed by atoms with Crippen molar-refractivity contribution in [3.8, 4) is 5.75 Å². The molecule has 0 radical (unpaired) electrons. The van der Waals surface area contributed by atoms with Crippen LogP contribution in [-0.4, -0.2) is 12.0 Å². The third-order valence-electron chi connectivity index (χ3n) is 2.75. The van der Waals surface area contributed by atoms with E-state index < -0.39 is 23.6 Å². The molecule has 2 aromatic carbocycles. The van der Waals surface area contributed by atoms with Crippen molar-refractivity contribution in [2.24, 2.45) is 0 Å². The summed E-state index contributed by atoms with van der Waals surface area (Å²) in [5, 5.41) is 3.13. The van der Waals surface area contributed by atoms with Gasteiger partial charge in [-0.3, -0.25) is 4.79 Å².